The van der Waals surface area contributed by atoms with Crippen LogP contribution in [0.2, 0.25) is 0 Å². The molecule has 1 aliphatic heterocycles. The summed E-state index contributed by atoms with van der Waals surface area (Å²) in [6.07, 6.45) is 7.23. The van der Waals surface area contributed by atoms with E-state index in [0.29, 0.717) is 17.7 Å². The predicted molar refractivity (Wildman–Crippen MR) is 69.8 cm³/mol. The number of likely N-dealkylation sites (tertiary alicyclic amines) is 1. The van der Waals surface area contributed by atoms with Gasteiger partial charge in [0, 0.05) is 26.1 Å². The number of nitrogens with zero attached hydrogens (tertiary/aromatic N) is 2. The quantitative estimate of drug-likeness (QED) is 0.747. The van der Waals surface area contributed by atoms with Gasteiger partial charge >= 0.3 is 0 Å². The molecule has 0 aromatic carbocycles. The molecule has 1 heterocycles. The van der Waals surface area contributed by atoms with E-state index in [4.69, 9.17) is 0 Å². The van der Waals surface area contributed by atoms with E-state index < -0.39 is 0 Å². The Bertz CT molecular complexity index is 259. The molecule has 1 atom stereocenters. The standard InChI is InChI=1S/C14H26N2O/c1-15(2)10-13-7-8-16(11-13)14(17)9-12-5-3-4-6-12/h12-13H,3-11H2,1-2H3/t13-/m0/s1. The fourth-order valence-electron chi connectivity index (χ4n) is 3.32. The fraction of sp³-hybridized carbons (Fsp3) is 0.929. The van der Waals surface area contributed by atoms with Gasteiger partial charge < -0.3 is 9.80 Å². The molecule has 2 rings (SSSR count). The molecular weight excluding hydrogens is 212 g/mol. The first-order valence-corrected chi connectivity index (χ1v) is 7.07. The summed E-state index contributed by atoms with van der Waals surface area (Å²) in [6.45, 7) is 3.10. The van der Waals surface area contributed by atoms with Gasteiger partial charge in [-0.3, -0.25) is 4.79 Å². The van der Waals surface area contributed by atoms with Gasteiger partial charge in [0.2, 0.25) is 5.91 Å². The molecule has 0 aromatic heterocycles. The fourth-order valence-corrected chi connectivity index (χ4v) is 3.32. The topological polar surface area (TPSA) is 23.6 Å². The van der Waals surface area contributed by atoms with Crippen molar-refractivity contribution in [2.24, 2.45) is 11.8 Å². The Morgan fingerprint density at radius 2 is 1.88 bits per heavy atom. The Labute approximate surface area is 105 Å². The second kappa shape index (κ2) is 5.85. The van der Waals surface area contributed by atoms with E-state index in [2.05, 4.69) is 23.9 Å². The Kier molecular flexibility index (Phi) is 4.43. The summed E-state index contributed by atoms with van der Waals surface area (Å²) < 4.78 is 0. The monoisotopic (exact) mass is 238 g/mol. The van der Waals surface area contributed by atoms with E-state index >= 15 is 0 Å². The molecular formula is C14H26N2O. The van der Waals surface area contributed by atoms with Gasteiger partial charge in [-0.05, 0) is 45.2 Å². The highest BCUT2D eigenvalue weighted by Gasteiger charge is 2.28. The number of amides is 1. The summed E-state index contributed by atoms with van der Waals surface area (Å²) in [4.78, 5) is 16.5. The van der Waals surface area contributed by atoms with Gasteiger partial charge in [0.25, 0.3) is 0 Å². The Morgan fingerprint density at radius 3 is 2.53 bits per heavy atom. The highest BCUT2D eigenvalue weighted by atomic mass is 16.2. The van der Waals surface area contributed by atoms with Crippen LogP contribution in [0.25, 0.3) is 0 Å². The number of hydrogen-bond donors (Lipinski definition) is 0. The van der Waals surface area contributed by atoms with Crippen LogP contribution in [-0.4, -0.2) is 49.4 Å². The smallest absolute Gasteiger partial charge is 0.222 e. The highest BCUT2D eigenvalue weighted by molar-refractivity contribution is 5.76. The molecule has 98 valence electrons. The molecule has 1 saturated carbocycles. The molecule has 0 radical (unpaired) electrons. The van der Waals surface area contributed by atoms with Gasteiger partial charge in [0.15, 0.2) is 0 Å². The van der Waals surface area contributed by atoms with Crippen LogP contribution in [-0.2, 0) is 4.79 Å². The maximum Gasteiger partial charge on any atom is 0.222 e. The lowest BCUT2D eigenvalue weighted by Gasteiger charge is -2.20. The van der Waals surface area contributed by atoms with Crippen LogP contribution in [0.4, 0.5) is 0 Å². The van der Waals surface area contributed by atoms with E-state index in [1.54, 1.807) is 0 Å². The van der Waals surface area contributed by atoms with Gasteiger partial charge in [-0.25, -0.2) is 0 Å². The minimum absolute atomic E-state index is 0.415. The lowest BCUT2D eigenvalue weighted by molar-refractivity contribution is -0.131. The molecule has 17 heavy (non-hydrogen) atoms. The van der Waals surface area contributed by atoms with Crippen LogP contribution in [0.3, 0.4) is 0 Å². The molecule has 0 N–H and O–H groups in total. The van der Waals surface area contributed by atoms with Crippen molar-refractivity contribution in [3.8, 4) is 0 Å². The number of carbonyl (C=O) groups excluding carboxylic acids is 1. The van der Waals surface area contributed by atoms with Crippen molar-refractivity contribution in [2.75, 3.05) is 33.7 Å². The first-order chi connectivity index (χ1) is 8.15. The highest BCUT2D eigenvalue weighted by Crippen LogP contribution is 2.29. The van der Waals surface area contributed by atoms with Crippen molar-refractivity contribution in [3.63, 3.8) is 0 Å². The summed E-state index contributed by atoms with van der Waals surface area (Å²) in [6, 6.07) is 0. The summed E-state index contributed by atoms with van der Waals surface area (Å²) in [5.41, 5.74) is 0. The molecule has 2 fully saturated rings. The van der Waals surface area contributed by atoms with Crippen LogP contribution in [0.15, 0.2) is 0 Å². The second-order valence-electron chi connectivity index (χ2n) is 6.11. The van der Waals surface area contributed by atoms with Gasteiger partial charge in [-0.2, -0.15) is 0 Å². The van der Waals surface area contributed by atoms with E-state index in [0.717, 1.165) is 26.1 Å². The van der Waals surface area contributed by atoms with Crippen LogP contribution in [0.5, 0.6) is 0 Å². The first-order valence-electron chi connectivity index (χ1n) is 7.07. The van der Waals surface area contributed by atoms with Gasteiger partial charge in [-0.15, -0.1) is 0 Å². The van der Waals surface area contributed by atoms with Crippen molar-refractivity contribution in [2.45, 2.75) is 38.5 Å². The second-order valence-corrected chi connectivity index (χ2v) is 6.11. The maximum atomic E-state index is 12.1. The predicted octanol–water partition coefficient (Wildman–Crippen LogP) is 1.98. The van der Waals surface area contributed by atoms with E-state index in [-0.39, 0.29) is 0 Å². The largest absolute Gasteiger partial charge is 0.342 e. The third-order valence-corrected chi connectivity index (χ3v) is 4.20. The first kappa shape index (κ1) is 12.9. The van der Waals surface area contributed by atoms with Gasteiger partial charge in [0.05, 0.1) is 0 Å². The molecule has 0 spiro atoms. The number of carbonyl (C=O) groups is 1. The summed E-state index contributed by atoms with van der Waals surface area (Å²) >= 11 is 0. The third-order valence-electron chi connectivity index (χ3n) is 4.20. The molecule has 2 aliphatic rings. The van der Waals surface area contributed by atoms with E-state index in [1.807, 2.05) is 0 Å². The van der Waals surface area contributed by atoms with Crippen molar-refractivity contribution in [1.29, 1.82) is 0 Å². The van der Waals surface area contributed by atoms with E-state index in [9.17, 15) is 4.79 Å². The van der Waals surface area contributed by atoms with E-state index in [1.165, 1.54) is 32.1 Å². The molecule has 3 heteroatoms. The van der Waals surface area contributed by atoms with Gasteiger partial charge in [0.1, 0.15) is 0 Å². The minimum Gasteiger partial charge on any atom is -0.342 e. The average molecular weight is 238 g/mol. The Hall–Kier alpha value is -0.570. The zero-order valence-corrected chi connectivity index (χ0v) is 11.3. The van der Waals surface area contributed by atoms with Crippen LogP contribution >= 0.6 is 0 Å². The van der Waals surface area contributed by atoms with Crippen molar-refractivity contribution in [1.82, 2.24) is 9.80 Å². The van der Waals surface area contributed by atoms with Crippen molar-refractivity contribution in [3.05, 3.63) is 0 Å². The molecule has 1 amide bonds. The molecule has 0 unspecified atom stereocenters. The van der Waals surface area contributed by atoms with Crippen LogP contribution in [0, 0.1) is 11.8 Å². The minimum atomic E-state index is 0.415. The SMILES string of the molecule is CN(C)C[C@@H]1CCN(C(=O)CC2CCCC2)C1. The van der Waals surface area contributed by atoms with Crippen molar-refractivity contribution >= 4 is 5.91 Å². The Balaban J connectivity index is 1.73. The molecule has 3 nitrogen and oxygen atoms in total. The number of hydrogen-bond acceptors (Lipinski definition) is 2. The lowest BCUT2D eigenvalue weighted by atomic mass is 10.0. The number of rotatable bonds is 4. The van der Waals surface area contributed by atoms with Crippen LogP contribution < -0.4 is 0 Å². The molecule has 0 bridgehead atoms. The van der Waals surface area contributed by atoms with Gasteiger partial charge in [-0.1, -0.05) is 12.8 Å². The Morgan fingerprint density at radius 1 is 1.18 bits per heavy atom. The molecule has 0 aromatic rings. The molecule has 1 saturated heterocycles. The summed E-state index contributed by atoms with van der Waals surface area (Å²) in [7, 11) is 4.23. The zero-order valence-electron chi connectivity index (χ0n) is 11.3. The third kappa shape index (κ3) is 3.70. The van der Waals surface area contributed by atoms with Crippen molar-refractivity contribution < 1.29 is 4.79 Å². The molecule has 1 aliphatic carbocycles. The summed E-state index contributed by atoms with van der Waals surface area (Å²) in [5.74, 6) is 1.80. The summed E-state index contributed by atoms with van der Waals surface area (Å²) in [5, 5.41) is 0. The van der Waals surface area contributed by atoms with Crippen LogP contribution in [0.1, 0.15) is 38.5 Å². The zero-order chi connectivity index (χ0) is 12.3. The normalized spacial score (nSPS) is 26.1. The lowest BCUT2D eigenvalue weighted by Crippen LogP contribution is -2.31. The maximum absolute atomic E-state index is 12.1. The average Bonchev–Trinajstić information content (AvgIpc) is 2.87.